The molecule has 0 spiro atoms. The van der Waals surface area contributed by atoms with E-state index in [1.165, 1.54) is 0 Å². The van der Waals surface area contributed by atoms with E-state index in [4.69, 9.17) is 18.9 Å². The van der Waals surface area contributed by atoms with E-state index in [0.29, 0.717) is 19.6 Å². The summed E-state index contributed by atoms with van der Waals surface area (Å²) in [5, 5.41) is 2.99. The summed E-state index contributed by atoms with van der Waals surface area (Å²) >= 11 is 0. The minimum absolute atomic E-state index is 0.284. The summed E-state index contributed by atoms with van der Waals surface area (Å²) in [6.07, 6.45) is 0.671. The molecule has 30 heavy (non-hydrogen) atoms. The number of hydrogen-bond donors (Lipinski definition) is 1. The molecule has 1 fully saturated rings. The molecule has 0 aliphatic carbocycles. The summed E-state index contributed by atoms with van der Waals surface area (Å²) in [6.45, 7) is 8.13. The van der Waals surface area contributed by atoms with Gasteiger partial charge in [-0.1, -0.05) is 30.3 Å². The average Bonchev–Trinajstić information content (AvgIpc) is 2.69. The van der Waals surface area contributed by atoms with Crippen molar-refractivity contribution in [1.82, 2.24) is 5.32 Å². The zero-order valence-electron chi connectivity index (χ0n) is 18.1. The van der Waals surface area contributed by atoms with E-state index in [0.717, 1.165) is 23.5 Å². The Morgan fingerprint density at radius 1 is 1.03 bits per heavy atom. The number of carbonyl (C=O) groups is 1. The number of alkyl carbamates (subject to hydrolysis) is 1. The van der Waals surface area contributed by atoms with Crippen LogP contribution in [0.15, 0.2) is 54.6 Å². The highest BCUT2D eigenvalue weighted by molar-refractivity contribution is 5.69. The quantitative estimate of drug-likeness (QED) is 0.716. The maximum Gasteiger partial charge on any atom is 0.408 e. The Morgan fingerprint density at radius 3 is 2.23 bits per heavy atom. The third-order valence-electron chi connectivity index (χ3n) is 4.75. The van der Waals surface area contributed by atoms with E-state index < -0.39 is 17.2 Å². The lowest BCUT2D eigenvalue weighted by Crippen LogP contribution is -2.59. The second-order valence-corrected chi connectivity index (χ2v) is 8.66. The van der Waals surface area contributed by atoms with Crippen LogP contribution in [0.4, 0.5) is 4.79 Å². The molecule has 2 aromatic rings. The molecular formula is C24H31NO5. The summed E-state index contributed by atoms with van der Waals surface area (Å²) in [7, 11) is 0. The van der Waals surface area contributed by atoms with Gasteiger partial charge < -0.3 is 24.3 Å². The number of amides is 1. The van der Waals surface area contributed by atoms with Crippen LogP contribution in [0, 0.1) is 0 Å². The number of benzene rings is 2. The number of carbonyl (C=O) groups excluding carboxylic acids is 1. The first-order chi connectivity index (χ1) is 14.2. The van der Waals surface area contributed by atoms with Crippen molar-refractivity contribution in [3.63, 3.8) is 0 Å². The normalized spacial score (nSPS) is 21.7. The third kappa shape index (κ3) is 6.75. The molecule has 1 aliphatic heterocycles. The third-order valence-corrected chi connectivity index (χ3v) is 4.75. The van der Waals surface area contributed by atoms with Gasteiger partial charge in [-0.3, -0.25) is 0 Å². The number of ether oxygens (including phenoxy) is 4. The molecule has 3 rings (SSSR count). The average molecular weight is 414 g/mol. The van der Waals surface area contributed by atoms with Crippen LogP contribution in [0.2, 0.25) is 0 Å². The van der Waals surface area contributed by atoms with Crippen LogP contribution in [0.1, 0.15) is 39.7 Å². The Bertz CT molecular complexity index is 806. The van der Waals surface area contributed by atoms with Crippen molar-refractivity contribution in [2.45, 2.75) is 58.0 Å². The SMILES string of the molecule is CC1OCC(CCc2ccc(Oc3ccccc3)cc2)(NC(=O)OC(C)(C)C)CO1. The number of aryl methyl sites for hydroxylation is 1. The van der Waals surface area contributed by atoms with Crippen LogP contribution < -0.4 is 10.1 Å². The molecule has 1 amide bonds. The number of para-hydroxylation sites is 1. The molecule has 6 nitrogen and oxygen atoms in total. The van der Waals surface area contributed by atoms with E-state index in [9.17, 15) is 4.79 Å². The zero-order valence-corrected chi connectivity index (χ0v) is 18.1. The Balaban J connectivity index is 1.61. The van der Waals surface area contributed by atoms with Crippen molar-refractivity contribution < 1.29 is 23.7 Å². The van der Waals surface area contributed by atoms with Crippen molar-refractivity contribution in [3.8, 4) is 11.5 Å². The van der Waals surface area contributed by atoms with Crippen LogP contribution in [0.25, 0.3) is 0 Å². The zero-order chi connectivity index (χ0) is 21.6. The molecule has 0 unspecified atom stereocenters. The largest absolute Gasteiger partial charge is 0.457 e. The Morgan fingerprint density at radius 2 is 1.63 bits per heavy atom. The molecule has 1 aliphatic rings. The van der Waals surface area contributed by atoms with Crippen molar-refractivity contribution >= 4 is 6.09 Å². The maximum absolute atomic E-state index is 12.4. The van der Waals surface area contributed by atoms with Crippen LogP contribution in [-0.4, -0.2) is 36.7 Å². The molecule has 162 valence electrons. The molecule has 1 saturated heterocycles. The summed E-state index contributed by atoms with van der Waals surface area (Å²) in [4.78, 5) is 12.4. The Kier molecular flexibility index (Phi) is 7.00. The standard InChI is InChI=1S/C24H31NO5/c1-18-27-16-24(17-28-18,25-22(26)30-23(2,3)4)15-14-19-10-12-21(13-11-19)29-20-8-6-5-7-9-20/h5-13,18H,14-17H2,1-4H3,(H,25,26). The van der Waals surface area contributed by atoms with Gasteiger partial charge in [0, 0.05) is 0 Å². The molecule has 0 aromatic heterocycles. The van der Waals surface area contributed by atoms with Gasteiger partial charge in [0.15, 0.2) is 6.29 Å². The van der Waals surface area contributed by atoms with Gasteiger partial charge in [0.2, 0.25) is 0 Å². The van der Waals surface area contributed by atoms with Gasteiger partial charge in [0.1, 0.15) is 17.1 Å². The second kappa shape index (κ2) is 9.49. The van der Waals surface area contributed by atoms with E-state index in [1.807, 2.05) is 82.3 Å². The van der Waals surface area contributed by atoms with Gasteiger partial charge in [-0.2, -0.15) is 0 Å². The highest BCUT2D eigenvalue weighted by Gasteiger charge is 2.38. The topological polar surface area (TPSA) is 66.0 Å². The first kappa shape index (κ1) is 22.1. The van der Waals surface area contributed by atoms with Gasteiger partial charge in [-0.25, -0.2) is 4.79 Å². The van der Waals surface area contributed by atoms with E-state index in [1.54, 1.807) is 0 Å². The van der Waals surface area contributed by atoms with Crippen LogP contribution in [-0.2, 0) is 20.6 Å². The fourth-order valence-electron chi connectivity index (χ4n) is 3.18. The fraction of sp³-hybridized carbons (Fsp3) is 0.458. The molecule has 1 N–H and O–H groups in total. The second-order valence-electron chi connectivity index (χ2n) is 8.66. The number of nitrogens with one attached hydrogen (secondary N) is 1. The minimum Gasteiger partial charge on any atom is -0.457 e. The predicted octanol–water partition coefficient (Wildman–Crippen LogP) is 5.07. The summed E-state index contributed by atoms with van der Waals surface area (Å²) in [6, 6.07) is 17.6. The molecule has 0 atom stereocenters. The first-order valence-corrected chi connectivity index (χ1v) is 10.3. The highest BCUT2D eigenvalue weighted by Crippen LogP contribution is 2.25. The van der Waals surface area contributed by atoms with E-state index >= 15 is 0 Å². The summed E-state index contributed by atoms with van der Waals surface area (Å²) in [5.74, 6) is 1.58. The van der Waals surface area contributed by atoms with Crippen LogP contribution in [0.3, 0.4) is 0 Å². The highest BCUT2D eigenvalue weighted by atomic mass is 16.7. The predicted molar refractivity (Wildman–Crippen MR) is 115 cm³/mol. The molecule has 6 heteroatoms. The minimum atomic E-state index is -0.631. The van der Waals surface area contributed by atoms with Crippen molar-refractivity contribution in [2.75, 3.05) is 13.2 Å². The summed E-state index contributed by atoms with van der Waals surface area (Å²) in [5.41, 5.74) is -0.0585. The molecular weight excluding hydrogens is 382 g/mol. The van der Waals surface area contributed by atoms with Gasteiger partial charge >= 0.3 is 6.09 Å². The molecule has 0 radical (unpaired) electrons. The van der Waals surface area contributed by atoms with Gasteiger partial charge in [-0.05, 0) is 70.4 Å². The van der Waals surface area contributed by atoms with Crippen molar-refractivity contribution in [3.05, 3.63) is 60.2 Å². The number of hydrogen-bond acceptors (Lipinski definition) is 5. The number of rotatable bonds is 6. The monoisotopic (exact) mass is 413 g/mol. The molecule has 1 heterocycles. The smallest absolute Gasteiger partial charge is 0.408 e. The van der Waals surface area contributed by atoms with Crippen molar-refractivity contribution in [1.29, 1.82) is 0 Å². The Hall–Kier alpha value is -2.57. The molecule has 0 saturated carbocycles. The van der Waals surface area contributed by atoms with Gasteiger partial charge in [0.25, 0.3) is 0 Å². The van der Waals surface area contributed by atoms with Crippen LogP contribution >= 0.6 is 0 Å². The lowest BCUT2D eigenvalue weighted by molar-refractivity contribution is -0.203. The lowest BCUT2D eigenvalue weighted by atomic mass is 9.92. The maximum atomic E-state index is 12.4. The van der Waals surface area contributed by atoms with Gasteiger partial charge in [-0.15, -0.1) is 0 Å². The molecule has 0 bridgehead atoms. The molecule has 2 aromatic carbocycles. The first-order valence-electron chi connectivity index (χ1n) is 10.3. The van der Waals surface area contributed by atoms with E-state index in [-0.39, 0.29) is 6.29 Å². The van der Waals surface area contributed by atoms with Gasteiger partial charge in [0.05, 0.1) is 18.8 Å². The summed E-state index contributed by atoms with van der Waals surface area (Å²) < 4.78 is 22.7. The van der Waals surface area contributed by atoms with E-state index in [2.05, 4.69) is 5.32 Å². The van der Waals surface area contributed by atoms with Crippen molar-refractivity contribution in [2.24, 2.45) is 0 Å². The van der Waals surface area contributed by atoms with Crippen LogP contribution in [0.5, 0.6) is 11.5 Å². The lowest BCUT2D eigenvalue weighted by Gasteiger charge is -2.40. The Labute approximate surface area is 178 Å². The fourth-order valence-corrected chi connectivity index (χ4v) is 3.18.